The standard InChI is InChI=1S/C18H22N2O3/c1-13(21)16(22)20-10-8-18(9-11-20)12-15(17(23)19(18)2)14-6-4-3-5-7-14/h3-7,15H,8-12H2,1-2H3/t15-/m0/s1. The minimum Gasteiger partial charge on any atom is -0.339 e. The lowest BCUT2D eigenvalue weighted by Gasteiger charge is -2.43. The van der Waals surface area contributed by atoms with Crippen LogP contribution < -0.4 is 0 Å². The maximum atomic E-state index is 12.7. The molecule has 5 nitrogen and oxygen atoms in total. The van der Waals surface area contributed by atoms with Crippen LogP contribution in [-0.4, -0.2) is 53.1 Å². The first-order valence-electron chi connectivity index (χ1n) is 8.07. The van der Waals surface area contributed by atoms with E-state index in [4.69, 9.17) is 0 Å². The Kier molecular flexibility index (Phi) is 3.96. The predicted octanol–water partition coefficient (Wildman–Crippen LogP) is 1.58. The summed E-state index contributed by atoms with van der Waals surface area (Å²) in [5.74, 6) is -0.774. The van der Waals surface area contributed by atoms with Gasteiger partial charge in [0.2, 0.25) is 11.7 Å². The molecular weight excluding hydrogens is 292 g/mol. The molecule has 0 N–H and O–H groups in total. The number of piperidine rings is 1. The van der Waals surface area contributed by atoms with E-state index in [2.05, 4.69) is 0 Å². The van der Waals surface area contributed by atoms with E-state index in [0.29, 0.717) is 13.1 Å². The van der Waals surface area contributed by atoms with E-state index >= 15 is 0 Å². The van der Waals surface area contributed by atoms with Crippen LogP contribution in [0.3, 0.4) is 0 Å². The largest absolute Gasteiger partial charge is 0.339 e. The van der Waals surface area contributed by atoms with Crippen LogP contribution in [-0.2, 0) is 14.4 Å². The van der Waals surface area contributed by atoms with Gasteiger partial charge in [-0.1, -0.05) is 30.3 Å². The number of carbonyl (C=O) groups excluding carboxylic acids is 3. The first-order chi connectivity index (χ1) is 10.9. The molecule has 1 atom stereocenters. The number of Topliss-reactive ketones (excluding diaryl/α,β-unsaturated/α-hetero) is 1. The summed E-state index contributed by atoms with van der Waals surface area (Å²) >= 11 is 0. The Morgan fingerprint density at radius 2 is 1.74 bits per heavy atom. The van der Waals surface area contributed by atoms with Gasteiger partial charge in [-0.2, -0.15) is 0 Å². The third kappa shape index (κ3) is 2.64. The number of carbonyl (C=O) groups is 3. The van der Waals surface area contributed by atoms with Crippen LogP contribution in [0.5, 0.6) is 0 Å². The molecule has 1 aromatic rings. The maximum absolute atomic E-state index is 12.7. The number of amides is 2. The molecule has 5 heteroatoms. The fourth-order valence-electron chi connectivity index (χ4n) is 3.91. The summed E-state index contributed by atoms with van der Waals surface area (Å²) in [6, 6.07) is 9.88. The molecule has 1 spiro atoms. The zero-order chi connectivity index (χ0) is 16.6. The number of likely N-dealkylation sites (tertiary alicyclic amines) is 2. The van der Waals surface area contributed by atoms with Crippen LogP contribution >= 0.6 is 0 Å². The number of benzene rings is 1. The summed E-state index contributed by atoms with van der Waals surface area (Å²) in [4.78, 5) is 39.3. The van der Waals surface area contributed by atoms with Crippen molar-refractivity contribution in [3.05, 3.63) is 35.9 Å². The Balaban J connectivity index is 1.76. The van der Waals surface area contributed by atoms with Crippen molar-refractivity contribution in [2.75, 3.05) is 20.1 Å². The molecule has 23 heavy (non-hydrogen) atoms. The number of nitrogens with zero attached hydrogens (tertiary/aromatic N) is 2. The maximum Gasteiger partial charge on any atom is 0.289 e. The highest BCUT2D eigenvalue weighted by Crippen LogP contribution is 2.44. The van der Waals surface area contributed by atoms with Crippen molar-refractivity contribution < 1.29 is 14.4 Å². The van der Waals surface area contributed by atoms with Crippen molar-refractivity contribution in [1.82, 2.24) is 9.80 Å². The molecule has 122 valence electrons. The average Bonchev–Trinajstić information content (AvgIpc) is 2.81. The van der Waals surface area contributed by atoms with E-state index in [0.717, 1.165) is 24.8 Å². The van der Waals surface area contributed by atoms with Crippen LogP contribution in [0.2, 0.25) is 0 Å². The van der Waals surface area contributed by atoms with E-state index in [9.17, 15) is 14.4 Å². The second-order valence-corrected chi connectivity index (χ2v) is 6.64. The Bertz CT molecular complexity index is 633. The van der Waals surface area contributed by atoms with E-state index in [-0.39, 0.29) is 17.4 Å². The van der Waals surface area contributed by atoms with Gasteiger partial charge in [0, 0.05) is 32.6 Å². The SMILES string of the molecule is CC(=O)C(=O)N1CCC2(CC1)C[C@@H](c1ccccc1)C(=O)N2C. The lowest BCUT2D eigenvalue weighted by Crippen LogP contribution is -2.53. The molecule has 2 aliphatic rings. The second kappa shape index (κ2) is 5.80. The van der Waals surface area contributed by atoms with Gasteiger partial charge in [-0.05, 0) is 24.8 Å². The fourth-order valence-corrected chi connectivity index (χ4v) is 3.91. The van der Waals surface area contributed by atoms with Gasteiger partial charge >= 0.3 is 0 Å². The average molecular weight is 314 g/mol. The number of rotatable bonds is 2. The molecule has 2 amide bonds. The third-order valence-corrected chi connectivity index (χ3v) is 5.41. The Morgan fingerprint density at radius 1 is 1.13 bits per heavy atom. The fraction of sp³-hybridized carbons (Fsp3) is 0.500. The zero-order valence-corrected chi connectivity index (χ0v) is 13.6. The van der Waals surface area contributed by atoms with Crippen molar-refractivity contribution in [1.29, 1.82) is 0 Å². The smallest absolute Gasteiger partial charge is 0.289 e. The molecule has 0 bridgehead atoms. The molecule has 0 radical (unpaired) electrons. The van der Waals surface area contributed by atoms with E-state index in [1.54, 1.807) is 4.90 Å². The zero-order valence-electron chi connectivity index (χ0n) is 13.6. The number of hydrogen-bond donors (Lipinski definition) is 0. The van der Waals surface area contributed by atoms with Crippen molar-refractivity contribution in [3.63, 3.8) is 0 Å². The van der Waals surface area contributed by atoms with Crippen LogP contribution in [0, 0.1) is 0 Å². The molecule has 0 aromatic heterocycles. The molecular formula is C18H22N2O3. The number of hydrogen-bond acceptors (Lipinski definition) is 3. The van der Waals surface area contributed by atoms with Gasteiger partial charge in [0.25, 0.3) is 5.91 Å². The van der Waals surface area contributed by atoms with Crippen molar-refractivity contribution in [3.8, 4) is 0 Å². The molecule has 2 fully saturated rings. The summed E-state index contributed by atoms with van der Waals surface area (Å²) < 4.78 is 0. The van der Waals surface area contributed by atoms with Crippen LogP contribution in [0.15, 0.2) is 30.3 Å². The minimum atomic E-state index is -0.418. The molecule has 0 unspecified atom stereocenters. The van der Waals surface area contributed by atoms with E-state index in [1.807, 2.05) is 42.3 Å². The van der Waals surface area contributed by atoms with Crippen LogP contribution in [0.4, 0.5) is 0 Å². The highest BCUT2D eigenvalue weighted by molar-refractivity contribution is 6.35. The lowest BCUT2D eigenvalue weighted by atomic mass is 9.81. The van der Waals surface area contributed by atoms with E-state index < -0.39 is 11.7 Å². The Hall–Kier alpha value is -2.17. The van der Waals surface area contributed by atoms with E-state index in [1.165, 1.54) is 6.92 Å². The highest BCUT2D eigenvalue weighted by Gasteiger charge is 2.50. The van der Waals surface area contributed by atoms with Gasteiger partial charge in [0.15, 0.2) is 0 Å². The first-order valence-corrected chi connectivity index (χ1v) is 8.07. The van der Waals surface area contributed by atoms with Gasteiger partial charge in [0.05, 0.1) is 5.92 Å². The lowest BCUT2D eigenvalue weighted by molar-refractivity contribution is -0.145. The first kappa shape index (κ1) is 15.7. The highest BCUT2D eigenvalue weighted by atomic mass is 16.2. The molecule has 2 aliphatic heterocycles. The third-order valence-electron chi connectivity index (χ3n) is 5.41. The number of ketones is 1. The quantitative estimate of drug-likeness (QED) is 0.779. The molecule has 1 aromatic carbocycles. The topological polar surface area (TPSA) is 57.7 Å². The Morgan fingerprint density at radius 3 is 2.30 bits per heavy atom. The van der Waals surface area contributed by atoms with Crippen LogP contribution in [0.1, 0.15) is 37.7 Å². The van der Waals surface area contributed by atoms with Gasteiger partial charge in [-0.3, -0.25) is 14.4 Å². The van der Waals surface area contributed by atoms with Crippen molar-refractivity contribution in [2.45, 2.75) is 37.6 Å². The summed E-state index contributed by atoms with van der Waals surface area (Å²) in [5, 5.41) is 0. The minimum absolute atomic E-state index is 0.101. The van der Waals surface area contributed by atoms with Crippen LogP contribution in [0.25, 0.3) is 0 Å². The monoisotopic (exact) mass is 314 g/mol. The molecule has 3 rings (SSSR count). The normalized spacial score (nSPS) is 23.4. The number of likely N-dealkylation sites (N-methyl/N-ethyl adjacent to an activating group) is 1. The molecule has 0 saturated carbocycles. The van der Waals surface area contributed by atoms with Crippen molar-refractivity contribution >= 4 is 17.6 Å². The summed E-state index contributed by atoms with van der Waals surface area (Å²) in [5.41, 5.74) is 0.869. The molecule has 0 aliphatic carbocycles. The van der Waals surface area contributed by atoms with Gasteiger partial charge in [-0.15, -0.1) is 0 Å². The summed E-state index contributed by atoms with van der Waals surface area (Å²) in [6.07, 6.45) is 2.25. The van der Waals surface area contributed by atoms with Gasteiger partial charge in [0.1, 0.15) is 0 Å². The summed E-state index contributed by atoms with van der Waals surface area (Å²) in [6.45, 7) is 2.39. The van der Waals surface area contributed by atoms with Gasteiger partial charge < -0.3 is 9.80 Å². The predicted molar refractivity (Wildman–Crippen MR) is 85.8 cm³/mol. The Labute approximate surface area is 136 Å². The van der Waals surface area contributed by atoms with Crippen molar-refractivity contribution in [2.24, 2.45) is 0 Å². The molecule has 2 saturated heterocycles. The second-order valence-electron chi connectivity index (χ2n) is 6.64. The molecule has 2 heterocycles. The summed E-state index contributed by atoms with van der Waals surface area (Å²) in [7, 11) is 1.87. The van der Waals surface area contributed by atoms with Gasteiger partial charge in [-0.25, -0.2) is 0 Å².